The van der Waals surface area contributed by atoms with Crippen molar-refractivity contribution in [3.8, 4) is 0 Å². The first-order valence-corrected chi connectivity index (χ1v) is 11.1. The van der Waals surface area contributed by atoms with Crippen LogP contribution in [0.3, 0.4) is 0 Å². The Labute approximate surface area is 181 Å². The molecule has 0 bridgehead atoms. The molecule has 2 aliphatic rings. The van der Waals surface area contributed by atoms with Crippen LogP contribution in [0.25, 0.3) is 0 Å². The third-order valence-corrected chi connectivity index (χ3v) is 7.39. The topological polar surface area (TPSA) is 46.3 Å². The van der Waals surface area contributed by atoms with Gasteiger partial charge >= 0.3 is 12.2 Å². The van der Waals surface area contributed by atoms with Gasteiger partial charge in [0, 0.05) is 6.54 Å². The molecule has 2 aromatic rings. The van der Waals surface area contributed by atoms with E-state index in [-0.39, 0.29) is 5.92 Å². The van der Waals surface area contributed by atoms with Gasteiger partial charge in [-0.3, -0.25) is 0 Å². The minimum atomic E-state index is -4.41. The van der Waals surface area contributed by atoms with Gasteiger partial charge in [-0.15, -0.1) is 0 Å². The van der Waals surface area contributed by atoms with Crippen LogP contribution in [0.4, 0.5) is 18.0 Å². The van der Waals surface area contributed by atoms with Crippen molar-refractivity contribution >= 4 is 6.03 Å². The van der Waals surface area contributed by atoms with E-state index in [2.05, 4.69) is 13.0 Å². The predicted molar refractivity (Wildman–Crippen MR) is 114 cm³/mol. The Hall–Kier alpha value is -2.50. The maximum atomic E-state index is 13.3. The lowest BCUT2D eigenvalue weighted by atomic mass is 9.62. The number of alkyl halides is 3. The first-order valence-electron chi connectivity index (χ1n) is 11.1. The van der Waals surface area contributed by atoms with Crippen LogP contribution in [0.15, 0.2) is 48.5 Å². The molecule has 1 aliphatic carbocycles. The molecular weight excluding hydrogens is 401 g/mol. The zero-order valence-electron chi connectivity index (χ0n) is 17.8. The average molecular weight is 431 g/mol. The van der Waals surface area contributed by atoms with Crippen molar-refractivity contribution in [2.24, 2.45) is 17.6 Å². The highest BCUT2D eigenvalue weighted by atomic mass is 19.4. The van der Waals surface area contributed by atoms with Gasteiger partial charge < -0.3 is 10.6 Å². The van der Waals surface area contributed by atoms with Crippen LogP contribution in [-0.2, 0) is 18.1 Å². The van der Waals surface area contributed by atoms with Gasteiger partial charge in [-0.25, -0.2) is 4.79 Å². The van der Waals surface area contributed by atoms with Gasteiger partial charge in [-0.2, -0.15) is 13.2 Å². The van der Waals surface area contributed by atoms with Gasteiger partial charge in [0.1, 0.15) is 0 Å². The molecule has 1 aliphatic heterocycles. The number of primary amides is 1. The van der Waals surface area contributed by atoms with Crippen molar-refractivity contribution in [1.82, 2.24) is 4.90 Å². The highest BCUT2D eigenvalue weighted by Crippen LogP contribution is 2.51. The van der Waals surface area contributed by atoms with Crippen LogP contribution in [-0.4, -0.2) is 17.5 Å². The Kier molecular flexibility index (Phi) is 5.75. The molecule has 2 atom stereocenters. The molecular formula is C25H29F3N2O. The van der Waals surface area contributed by atoms with Crippen molar-refractivity contribution in [3.63, 3.8) is 0 Å². The van der Waals surface area contributed by atoms with E-state index < -0.39 is 23.3 Å². The van der Waals surface area contributed by atoms with Gasteiger partial charge in [0.15, 0.2) is 0 Å². The van der Waals surface area contributed by atoms with Crippen molar-refractivity contribution in [3.05, 3.63) is 70.8 Å². The van der Waals surface area contributed by atoms with Gasteiger partial charge in [0.2, 0.25) is 0 Å². The molecule has 166 valence electrons. The van der Waals surface area contributed by atoms with Crippen molar-refractivity contribution < 1.29 is 18.0 Å². The molecule has 2 amide bonds. The van der Waals surface area contributed by atoms with Crippen LogP contribution in [0.1, 0.15) is 61.3 Å². The molecule has 4 rings (SSSR count). The van der Waals surface area contributed by atoms with Crippen molar-refractivity contribution in [2.45, 2.75) is 57.2 Å². The molecule has 1 fully saturated rings. The molecule has 31 heavy (non-hydrogen) atoms. The quantitative estimate of drug-likeness (QED) is 0.628. The van der Waals surface area contributed by atoms with Crippen LogP contribution >= 0.6 is 0 Å². The fourth-order valence-corrected chi connectivity index (χ4v) is 5.90. The smallest absolute Gasteiger partial charge is 0.351 e. The van der Waals surface area contributed by atoms with Crippen LogP contribution < -0.4 is 5.73 Å². The minimum absolute atomic E-state index is 0.0125. The van der Waals surface area contributed by atoms with E-state index in [9.17, 15) is 18.0 Å². The number of nitrogens with zero attached hydrogens (tertiary/aromatic N) is 1. The fourth-order valence-electron chi connectivity index (χ4n) is 5.90. The maximum absolute atomic E-state index is 13.3. The summed E-state index contributed by atoms with van der Waals surface area (Å²) in [5.41, 5.74) is 7.15. The van der Waals surface area contributed by atoms with E-state index in [1.807, 2.05) is 18.2 Å². The third-order valence-electron chi connectivity index (χ3n) is 7.39. The van der Waals surface area contributed by atoms with Gasteiger partial charge in [-0.05, 0) is 47.1 Å². The zero-order chi connectivity index (χ0) is 22.2. The number of halogens is 3. The highest BCUT2D eigenvalue weighted by Gasteiger charge is 2.52. The third kappa shape index (κ3) is 3.70. The summed E-state index contributed by atoms with van der Waals surface area (Å²) in [4.78, 5) is 14.4. The molecule has 0 radical (unpaired) electrons. The van der Waals surface area contributed by atoms with Gasteiger partial charge in [-0.1, -0.05) is 75.4 Å². The summed E-state index contributed by atoms with van der Waals surface area (Å²) in [6.45, 7) is 2.59. The van der Waals surface area contributed by atoms with E-state index in [1.165, 1.54) is 6.42 Å². The first kappa shape index (κ1) is 21.7. The Morgan fingerprint density at radius 1 is 1.06 bits per heavy atom. The number of amides is 2. The molecule has 1 saturated carbocycles. The lowest BCUT2D eigenvalue weighted by Gasteiger charge is -2.54. The van der Waals surface area contributed by atoms with Crippen molar-refractivity contribution in [1.29, 1.82) is 0 Å². The Bertz CT molecular complexity index is 935. The Morgan fingerprint density at radius 3 is 2.32 bits per heavy atom. The second-order valence-corrected chi connectivity index (χ2v) is 8.93. The first-order chi connectivity index (χ1) is 14.8. The van der Waals surface area contributed by atoms with E-state index in [0.29, 0.717) is 24.4 Å². The standard InChI is InChI=1S/C25H29F3N2O/c1-17(18-7-3-2-4-8-18)24(20-11-13-21(14-12-20)25(26,27)28)22-10-6-5-9-19(22)15-16-30(24)23(29)31/h5-6,9-14,17-18H,2-4,7-8,15-16H2,1H3,(H2,29,31)/t17-,24?/m1/s1. The number of hydrogen-bond acceptors (Lipinski definition) is 1. The largest absolute Gasteiger partial charge is 0.416 e. The number of benzene rings is 2. The van der Waals surface area contributed by atoms with E-state index in [0.717, 1.165) is 48.9 Å². The summed E-state index contributed by atoms with van der Waals surface area (Å²) < 4.78 is 39.8. The SMILES string of the molecule is C[C@H](C1CCCCC1)C1(c2ccc(C(F)(F)F)cc2)c2ccccc2CCN1C(N)=O. The Morgan fingerprint density at radius 2 is 1.71 bits per heavy atom. The van der Waals surface area contributed by atoms with Crippen LogP contribution in [0, 0.1) is 11.8 Å². The van der Waals surface area contributed by atoms with E-state index in [1.54, 1.807) is 17.0 Å². The fraction of sp³-hybridized carbons (Fsp3) is 0.480. The molecule has 3 nitrogen and oxygen atoms in total. The molecule has 0 saturated heterocycles. The highest BCUT2D eigenvalue weighted by molar-refractivity contribution is 5.75. The molecule has 1 heterocycles. The molecule has 0 aromatic heterocycles. The molecule has 1 unspecified atom stereocenters. The van der Waals surface area contributed by atoms with Crippen molar-refractivity contribution in [2.75, 3.05) is 6.54 Å². The number of rotatable bonds is 3. The second kappa shape index (κ2) is 8.21. The lowest BCUT2D eigenvalue weighted by Crippen LogP contribution is -2.60. The summed E-state index contributed by atoms with van der Waals surface area (Å²) in [5.74, 6) is 0.377. The summed E-state index contributed by atoms with van der Waals surface area (Å²) in [6, 6.07) is 12.8. The van der Waals surface area contributed by atoms with Gasteiger partial charge in [0.05, 0.1) is 11.1 Å². The zero-order valence-corrected chi connectivity index (χ0v) is 17.8. The monoisotopic (exact) mass is 430 g/mol. The number of urea groups is 1. The van der Waals surface area contributed by atoms with Crippen LogP contribution in [0.2, 0.25) is 0 Å². The number of carbonyl (C=O) groups is 1. The number of nitrogens with two attached hydrogens (primary N) is 1. The second-order valence-electron chi connectivity index (χ2n) is 8.93. The normalized spacial score (nSPS) is 23.3. The van der Waals surface area contributed by atoms with E-state index in [4.69, 9.17) is 5.73 Å². The average Bonchev–Trinajstić information content (AvgIpc) is 2.77. The maximum Gasteiger partial charge on any atom is 0.416 e. The summed E-state index contributed by atoms with van der Waals surface area (Å²) in [5, 5.41) is 0. The molecule has 2 N–H and O–H groups in total. The van der Waals surface area contributed by atoms with E-state index >= 15 is 0 Å². The summed E-state index contributed by atoms with van der Waals surface area (Å²) in [6.07, 6.45) is 1.85. The lowest BCUT2D eigenvalue weighted by molar-refractivity contribution is -0.137. The summed E-state index contributed by atoms with van der Waals surface area (Å²) >= 11 is 0. The molecule has 2 aromatic carbocycles. The number of hydrogen-bond donors (Lipinski definition) is 1. The predicted octanol–water partition coefficient (Wildman–Crippen LogP) is 6.10. The summed E-state index contributed by atoms with van der Waals surface area (Å²) in [7, 11) is 0. The Balaban J connectivity index is 1.95. The molecule has 0 spiro atoms. The number of fused-ring (bicyclic) bond motifs is 1. The van der Waals surface area contributed by atoms with Gasteiger partial charge in [0.25, 0.3) is 0 Å². The molecule has 6 heteroatoms. The minimum Gasteiger partial charge on any atom is -0.351 e. The van der Waals surface area contributed by atoms with Crippen LogP contribution in [0.5, 0.6) is 0 Å². The number of carbonyl (C=O) groups excluding carboxylic acids is 1.